The van der Waals surface area contributed by atoms with Crippen molar-refractivity contribution >= 4 is 0 Å². The maximum Gasteiger partial charge on any atom is 0.0483 e. The molecule has 0 atom stereocenters. The fraction of sp³-hybridized carbons (Fsp3) is 0.333. The van der Waals surface area contributed by atoms with Crippen LogP contribution in [0.1, 0.15) is 12.8 Å². The molecule has 0 saturated carbocycles. The van der Waals surface area contributed by atoms with E-state index in [0.717, 1.165) is 19.4 Å². The van der Waals surface area contributed by atoms with E-state index in [9.17, 15) is 0 Å². The number of hydrogen-bond acceptors (Lipinski definition) is 2. The predicted octanol–water partition coefficient (Wildman–Crippen LogP) is 1.25. The summed E-state index contributed by atoms with van der Waals surface area (Å²) in [4.78, 5) is 0. The van der Waals surface area contributed by atoms with Gasteiger partial charge in [-0.15, -0.1) is 0 Å². The summed E-state index contributed by atoms with van der Waals surface area (Å²) in [7, 11) is 0. The normalized spacial score (nSPS) is 22.5. The van der Waals surface area contributed by atoms with Crippen molar-refractivity contribution in [2.45, 2.75) is 12.8 Å². The fourth-order valence-corrected chi connectivity index (χ4v) is 1.41. The summed E-state index contributed by atoms with van der Waals surface area (Å²) in [6.45, 7) is 1.04. The zero-order valence-corrected chi connectivity index (χ0v) is 6.43. The largest absolute Gasteiger partial charge is 0.322 e. The minimum Gasteiger partial charge on any atom is -0.322 e. The first-order chi connectivity index (χ1) is 5.47. The second kappa shape index (κ2) is 2.93. The lowest BCUT2D eigenvalue weighted by molar-refractivity contribution is 0.562. The molecule has 0 radical (unpaired) electrons. The van der Waals surface area contributed by atoms with Gasteiger partial charge in [0.15, 0.2) is 0 Å². The van der Waals surface area contributed by atoms with E-state index in [0.29, 0.717) is 0 Å². The van der Waals surface area contributed by atoms with Gasteiger partial charge in [0, 0.05) is 12.2 Å². The zero-order chi connectivity index (χ0) is 7.52. The minimum absolute atomic E-state index is 1.04. The van der Waals surface area contributed by atoms with E-state index < -0.39 is 0 Å². The van der Waals surface area contributed by atoms with Crippen molar-refractivity contribution in [1.82, 2.24) is 10.9 Å². The highest BCUT2D eigenvalue weighted by atomic mass is 15.4. The molecule has 0 spiro atoms. The fourth-order valence-electron chi connectivity index (χ4n) is 1.41. The molecule has 0 aromatic heterocycles. The van der Waals surface area contributed by atoms with E-state index in [4.69, 9.17) is 0 Å². The van der Waals surface area contributed by atoms with Crippen LogP contribution in [-0.2, 0) is 0 Å². The number of nitrogens with one attached hydrogen (secondary N) is 2. The summed E-state index contributed by atoms with van der Waals surface area (Å²) < 4.78 is 0. The number of hydrazine groups is 1. The van der Waals surface area contributed by atoms with Crippen molar-refractivity contribution < 1.29 is 0 Å². The molecule has 2 rings (SSSR count). The lowest BCUT2D eigenvalue weighted by Crippen LogP contribution is -2.36. The third-order valence-corrected chi connectivity index (χ3v) is 2.03. The van der Waals surface area contributed by atoms with Gasteiger partial charge >= 0.3 is 0 Å². The van der Waals surface area contributed by atoms with Gasteiger partial charge in [0.25, 0.3) is 0 Å². The Morgan fingerprint density at radius 1 is 1.27 bits per heavy atom. The van der Waals surface area contributed by atoms with Gasteiger partial charge in [-0.3, -0.25) is 0 Å². The molecule has 1 aliphatic heterocycles. The van der Waals surface area contributed by atoms with Crippen LogP contribution in [0.4, 0.5) is 0 Å². The van der Waals surface area contributed by atoms with E-state index in [1.54, 1.807) is 0 Å². The quantitative estimate of drug-likeness (QED) is 0.540. The Labute approximate surface area is 66.6 Å². The third-order valence-electron chi connectivity index (χ3n) is 2.03. The van der Waals surface area contributed by atoms with Crippen LogP contribution < -0.4 is 10.9 Å². The van der Waals surface area contributed by atoms with E-state index in [2.05, 4.69) is 35.2 Å². The van der Waals surface area contributed by atoms with Crippen LogP contribution in [0.5, 0.6) is 0 Å². The van der Waals surface area contributed by atoms with Gasteiger partial charge in [0.05, 0.1) is 0 Å². The topological polar surface area (TPSA) is 24.1 Å². The van der Waals surface area contributed by atoms with Crippen molar-refractivity contribution in [3.63, 3.8) is 0 Å². The van der Waals surface area contributed by atoms with E-state index in [-0.39, 0.29) is 0 Å². The van der Waals surface area contributed by atoms with Crippen molar-refractivity contribution in [2.75, 3.05) is 6.54 Å². The molecule has 1 heterocycles. The molecule has 2 aliphatic rings. The molecular weight excluding hydrogens is 136 g/mol. The summed E-state index contributed by atoms with van der Waals surface area (Å²) in [5.74, 6) is 0. The Balaban J connectivity index is 2.26. The molecule has 0 amide bonds. The second-order valence-corrected chi connectivity index (χ2v) is 2.81. The molecule has 2 N–H and O–H groups in total. The van der Waals surface area contributed by atoms with Gasteiger partial charge < -0.3 is 5.43 Å². The highest BCUT2D eigenvalue weighted by Crippen LogP contribution is 2.17. The first-order valence-electron chi connectivity index (χ1n) is 4.01. The van der Waals surface area contributed by atoms with Crippen LogP contribution in [0.2, 0.25) is 0 Å². The van der Waals surface area contributed by atoms with Crippen molar-refractivity contribution in [3.8, 4) is 0 Å². The highest BCUT2D eigenvalue weighted by Gasteiger charge is 2.08. The first kappa shape index (κ1) is 6.68. The maximum absolute atomic E-state index is 3.16. The monoisotopic (exact) mass is 148 g/mol. The maximum atomic E-state index is 3.16. The standard InChI is InChI=1S/C9H12N2/c1-2-4-8-6-7-10-11-9(8)5-3-1/h1-3,5,10-11H,4,6-7H2. The molecule has 11 heavy (non-hydrogen) atoms. The molecule has 2 heteroatoms. The number of allylic oxidation sites excluding steroid dienone is 4. The molecule has 58 valence electrons. The summed E-state index contributed by atoms with van der Waals surface area (Å²) in [5, 5.41) is 0. The first-order valence-corrected chi connectivity index (χ1v) is 4.01. The molecule has 0 bridgehead atoms. The zero-order valence-electron chi connectivity index (χ0n) is 6.43. The van der Waals surface area contributed by atoms with Gasteiger partial charge in [-0.2, -0.15) is 0 Å². The molecule has 0 aromatic rings. The van der Waals surface area contributed by atoms with Gasteiger partial charge in [-0.25, -0.2) is 5.43 Å². The van der Waals surface area contributed by atoms with Crippen LogP contribution >= 0.6 is 0 Å². The van der Waals surface area contributed by atoms with Crippen LogP contribution in [0.3, 0.4) is 0 Å². The summed E-state index contributed by atoms with van der Waals surface area (Å²) in [5.41, 5.74) is 9.05. The van der Waals surface area contributed by atoms with Crippen molar-refractivity contribution in [2.24, 2.45) is 0 Å². The Bertz CT molecular complexity index is 236. The highest BCUT2D eigenvalue weighted by molar-refractivity contribution is 5.32. The Morgan fingerprint density at radius 3 is 3.27 bits per heavy atom. The SMILES string of the molecule is C1=CCC2=C(C=C1)NNCC2. The van der Waals surface area contributed by atoms with Crippen LogP contribution in [0.15, 0.2) is 35.6 Å². The summed E-state index contributed by atoms with van der Waals surface area (Å²) in [6, 6.07) is 0. The minimum atomic E-state index is 1.04. The Kier molecular flexibility index (Phi) is 1.78. The van der Waals surface area contributed by atoms with E-state index >= 15 is 0 Å². The molecule has 1 aliphatic carbocycles. The Morgan fingerprint density at radius 2 is 2.27 bits per heavy atom. The van der Waals surface area contributed by atoms with Gasteiger partial charge in [-0.05, 0) is 24.5 Å². The molecular formula is C9H12N2. The van der Waals surface area contributed by atoms with Crippen LogP contribution in [-0.4, -0.2) is 6.54 Å². The van der Waals surface area contributed by atoms with Crippen molar-refractivity contribution in [3.05, 3.63) is 35.6 Å². The van der Waals surface area contributed by atoms with E-state index in [1.165, 1.54) is 11.3 Å². The third kappa shape index (κ3) is 1.35. The van der Waals surface area contributed by atoms with Crippen LogP contribution in [0, 0.1) is 0 Å². The number of rotatable bonds is 0. The lowest BCUT2D eigenvalue weighted by atomic mass is 10.1. The molecule has 0 fully saturated rings. The average molecular weight is 148 g/mol. The van der Waals surface area contributed by atoms with Gasteiger partial charge in [0.1, 0.15) is 0 Å². The summed E-state index contributed by atoms with van der Waals surface area (Å²) >= 11 is 0. The van der Waals surface area contributed by atoms with Gasteiger partial charge in [0.2, 0.25) is 0 Å². The molecule has 0 saturated heterocycles. The van der Waals surface area contributed by atoms with Gasteiger partial charge in [-0.1, -0.05) is 18.2 Å². The second-order valence-electron chi connectivity index (χ2n) is 2.81. The average Bonchev–Trinajstić information content (AvgIpc) is 2.28. The van der Waals surface area contributed by atoms with Crippen molar-refractivity contribution in [1.29, 1.82) is 0 Å². The molecule has 0 aromatic carbocycles. The molecule has 2 nitrogen and oxygen atoms in total. The molecule has 0 unspecified atom stereocenters. The number of hydrogen-bond donors (Lipinski definition) is 2. The summed E-state index contributed by atoms with van der Waals surface area (Å²) in [6.07, 6.45) is 10.7. The van der Waals surface area contributed by atoms with Crippen LogP contribution in [0.25, 0.3) is 0 Å². The Hall–Kier alpha value is -1.02. The predicted molar refractivity (Wildman–Crippen MR) is 45.7 cm³/mol. The smallest absolute Gasteiger partial charge is 0.0483 e. The van der Waals surface area contributed by atoms with E-state index in [1.807, 2.05) is 0 Å². The lowest BCUT2D eigenvalue weighted by Gasteiger charge is -2.19.